The molecule has 4 heteroatoms. The second kappa shape index (κ2) is 6.30. The Morgan fingerprint density at radius 2 is 1.69 bits per heavy atom. The lowest BCUT2D eigenvalue weighted by Crippen LogP contribution is -2.27. The molecule has 16 heavy (non-hydrogen) atoms. The monoisotopic (exact) mass is 225 g/mol. The largest absolute Gasteiger partial charge is 0.464 e. The van der Waals surface area contributed by atoms with Crippen molar-refractivity contribution in [2.45, 2.75) is 45.4 Å². The molecule has 0 atom stereocenters. The van der Waals surface area contributed by atoms with Crippen LogP contribution in [0, 0.1) is 0 Å². The van der Waals surface area contributed by atoms with E-state index >= 15 is 0 Å². The van der Waals surface area contributed by atoms with Crippen LogP contribution in [0.2, 0.25) is 0 Å². The standard InChI is InChI=1S/C12H19NO3/c1-9(14)13-11(12(15)16-2)10-7-5-3-4-6-8-10/h3-8H2,1-2H3,(H,13,14). The molecular formula is C12H19NO3. The first-order chi connectivity index (χ1) is 7.65. The van der Waals surface area contributed by atoms with Crippen molar-refractivity contribution < 1.29 is 14.3 Å². The number of allylic oxidation sites excluding steroid dienone is 1. The molecular weight excluding hydrogens is 206 g/mol. The summed E-state index contributed by atoms with van der Waals surface area (Å²) < 4.78 is 4.70. The molecule has 0 aromatic rings. The van der Waals surface area contributed by atoms with E-state index in [0.29, 0.717) is 5.70 Å². The number of ether oxygens (including phenoxy) is 1. The summed E-state index contributed by atoms with van der Waals surface area (Å²) in [6.45, 7) is 1.40. The van der Waals surface area contributed by atoms with Crippen LogP contribution in [-0.2, 0) is 14.3 Å². The third-order valence-corrected chi connectivity index (χ3v) is 2.75. The zero-order chi connectivity index (χ0) is 12.0. The Labute approximate surface area is 96.0 Å². The lowest BCUT2D eigenvalue weighted by molar-refractivity contribution is -0.137. The molecule has 1 N–H and O–H groups in total. The van der Waals surface area contributed by atoms with Gasteiger partial charge in [-0.3, -0.25) is 4.79 Å². The number of rotatable bonds is 2. The van der Waals surface area contributed by atoms with Crippen LogP contribution >= 0.6 is 0 Å². The molecule has 90 valence electrons. The van der Waals surface area contributed by atoms with Crippen LogP contribution in [0.15, 0.2) is 11.3 Å². The molecule has 4 nitrogen and oxygen atoms in total. The maximum atomic E-state index is 11.6. The maximum Gasteiger partial charge on any atom is 0.354 e. The van der Waals surface area contributed by atoms with E-state index in [1.165, 1.54) is 26.9 Å². The summed E-state index contributed by atoms with van der Waals surface area (Å²) in [6, 6.07) is 0. The van der Waals surface area contributed by atoms with E-state index in [4.69, 9.17) is 4.74 Å². The van der Waals surface area contributed by atoms with Gasteiger partial charge in [0.1, 0.15) is 5.70 Å². The Hall–Kier alpha value is -1.32. The Bertz CT molecular complexity index is 297. The molecule has 0 unspecified atom stereocenters. The normalized spacial score (nSPS) is 16.2. The summed E-state index contributed by atoms with van der Waals surface area (Å²) in [4.78, 5) is 22.6. The topological polar surface area (TPSA) is 55.4 Å². The van der Waals surface area contributed by atoms with Gasteiger partial charge in [-0.15, -0.1) is 0 Å². The molecule has 0 saturated heterocycles. The fourth-order valence-electron chi connectivity index (χ4n) is 1.97. The third kappa shape index (κ3) is 3.68. The van der Waals surface area contributed by atoms with E-state index in [-0.39, 0.29) is 5.91 Å². The molecule has 0 aliphatic heterocycles. The number of hydrogen-bond acceptors (Lipinski definition) is 3. The van der Waals surface area contributed by atoms with Crippen LogP contribution in [0.4, 0.5) is 0 Å². The van der Waals surface area contributed by atoms with E-state index in [1.54, 1.807) is 0 Å². The minimum absolute atomic E-state index is 0.225. The van der Waals surface area contributed by atoms with Gasteiger partial charge >= 0.3 is 5.97 Å². The van der Waals surface area contributed by atoms with Crippen molar-refractivity contribution >= 4 is 11.9 Å². The summed E-state index contributed by atoms with van der Waals surface area (Å²) in [5.41, 5.74) is 1.39. The van der Waals surface area contributed by atoms with Crippen LogP contribution in [0.5, 0.6) is 0 Å². The zero-order valence-corrected chi connectivity index (χ0v) is 9.97. The molecule has 1 rings (SSSR count). The van der Waals surface area contributed by atoms with E-state index in [1.807, 2.05) is 0 Å². The average Bonchev–Trinajstić information content (AvgIpc) is 2.53. The van der Waals surface area contributed by atoms with Crippen LogP contribution in [-0.4, -0.2) is 19.0 Å². The number of methoxy groups -OCH3 is 1. The maximum absolute atomic E-state index is 11.6. The first-order valence-corrected chi connectivity index (χ1v) is 5.73. The predicted octanol–water partition coefficient (Wildman–Crippen LogP) is 1.90. The first kappa shape index (κ1) is 12.7. The highest BCUT2D eigenvalue weighted by atomic mass is 16.5. The van der Waals surface area contributed by atoms with E-state index < -0.39 is 5.97 Å². The van der Waals surface area contributed by atoms with Gasteiger partial charge in [0, 0.05) is 6.92 Å². The summed E-state index contributed by atoms with van der Waals surface area (Å²) >= 11 is 0. The number of carbonyl (C=O) groups is 2. The molecule has 1 amide bonds. The Morgan fingerprint density at radius 3 is 2.12 bits per heavy atom. The Morgan fingerprint density at radius 1 is 1.12 bits per heavy atom. The number of esters is 1. The number of carbonyl (C=O) groups excluding carboxylic acids is 2. The van der Waals surface area contributed by atoms with Crippen molar-refractivity contribution in [3.8, 4) is 0 Å². The fourth-order valence-corrected chi connectivity index (χ4v) is 1.97. The summed E-state index contributed by atoms with van der Waals surface area (Å²) in [6.07, 6.45) is 6.30. The number of nitrogens with one attached hydrogen (secondary N) is 1. The highest BCUT2D eigenvalue weighted by Gasteiger charge is 2.18. The molecule has 1 saturated carbocycles. The Kier molecular flexibility index (Phi) is 5.02. The van der Waals surface area contributed by atoms with Crippen molar-refractivity contribution in [2.75, 3.05) is 7.11 Å². The highest BCUT2D eigenvalue weighted by Crippen LogP contribution is 2.24. The van der Waals surface area contributed by atoms with E-state index in [9.17, 15) is 9.59 Å². The Balaban J connectivity index is 2.89. The van der Waals surface area contributed by atoms with Gasteiger partial charge in [0.15, 0.2) is 0 Å². The van der Waals surface area contributed by atoms with Crippen LogP contribution in [0.3, 0.4) is 0 Å². The van der Waals surface area contributed by atoms with Crippen molar-refractivity contribution in [1.82, 2.24) is 5.32 Å². The third-order valence-electron chi connectivity index (χ3n) is 2.75. The van der Waals surface area contributed by atoms with Gasteiger partial charge in [0.2, 0.25) is 5.91 Å². The van der Waals surface area contributed by atoms with Gasteiger partial charge in [-0.25, -0.2) is 4.79 Å². The molecule has 0 bridgehead atoms. The summed E-state index contributed by atoms with van der Waals surface area (Å²) in [5, 5.41) is 2.59. The quantitative estimate of drug-likeness (QED) is 0.443. The molecule has 1 aliphatic carbocycles. The van der Waals surface area contributed by atoms with Crippen LogP contribution < -0.4 is 5.32 Å². The predicted molar refractivity (Wildman–Crippen MR) is 60.6 cm³/mol. The minimum atomic E-state index is -0.438. The SMILES string of the molecule is COC(=O)C(NC(C)=O)=C1CCCCCC1. The van der Waals surface area contributed by atoms with Crippen LogP contribution in [0.1, 0.15) is 45.4 Å². The minimum Gasteiger partial charge on any atom is -0.464 e. The molecule has 0 aromatic heterocycles. The lowest BCUT2D eigenvalue weighted by atomic mass is 10.1. The van der Waals surface area contributed by atoms with Gasteiger partial charge in [0.05, 0.1) is 7.11 Å². The molecule has 0 radical (unpaired) electrons. The molecule has 0 aromatic carbocycles. The van der Waals surface area contributed by atoms with Crippen molar-refractivity contribution in [2.24, 2.45) is 0 Å². The molecule has 0 spiro atoms. The van der Waals surface area contributed by atoms with Crippen molar-refractivity contribution in [3.05, 3.63) is 11.3 Å². The fraction of sp³-hybridized carbons (Fsp3) is 0.667. The zero-order valence-electron chi connectivity index (χ0n) is 9.97. The first-order valence-electron chi connectivity index (χ1n) is 5.73. The molecule has 1 fully saturated rings. The van der Waals surface area contributed by atoms with Crippen molar-refractivity contribution in [3.63, 3.8) is 0 Å². The lowest BCUT2D eigenvalue weighted by Gasteiger charge is -2.12. The molecule has 1 aliphatic rings. The van der Waals surface area contributed by atoms with Crippen LogP contribution in [0.25, 0.3) is 0 Å². The average molecular weight is 225 g/mol. The summed E-state index contributed by atoms with van der Waals surface area (Å²) in [5.74, 6) is -0.663. The van der Waals surface area contributed by atoms with E-state index in [0.717, 1.165) is 31.3 Å². The van der Waals surface area contributed by atoms with Gasteiger partial charge in [-0.1, -0.05) is 12.8 Å². The number of hydrogen-bond donors (Lipinski definition) is 1. The van der Waals surface area contributed by atoms with Gasteiger partial charge < -0.3 is 10.1 Å². The van der Waals surface area contributed by atoms with Gasteiger partial charge in [0.25, 0.3) is 0 Å². The smallest absolute Gasteiger partial charge is 0.354 e. The number of amides is 1. The van der Waals surface area contributed by atoms with Gasteiger partial charge in [-0.05, 0) is 31.3 Å². The molecule has 0 heterocycles. The second-order valence-electron chi connectivity index (χ2n) is 4.07. The van der Waals surface area contributed by atoms with E-state index in [2.05, 4.69) is 5.32 Å². The van der Waals surface area contributed by atoms with Gasteiger partial charge in [-0.2, -0.15) is 0 Å². The van der Waals surface area contributed by atoms with Crippen molar-refractivity contribution in [1.29, 1.82) is 0 Å². The highest BCUT2D eigenvalue weighted by molar-refractivity contribution is 5.93. The second-order valence-corrected chi connectivity index (χ2v) is 4.07. The summed E-state index contributed by atoms with van der Waals surface area (Å²) in [7, 11) is 1.33.